The molecule has 3 aliphatic rings. The van der Waals surface area contributed by atoms with Crippen molar-refractivity contribution in [3.8, 4) is 0 Å². The molecule has 13 N–H and O–H groups in total. The SMILES string of the molecule is CCCCCCCCCCCCCCCCCCO[C@H]1C(O[C@@H]2O[C@H](CO)C(O[C@H]3O[C@](C)(CO)[C@@](C)(O)[C@](C)(O)[C@H]3N)[C@H](O)[C@H]2NC(O)CC)[C@@H](CO)O[C@@H](O)[C@@H]1N. The van der Waals surface area contributed by atoms with Crippen LogP contribution in [0.1, 0.15) is 144 Å². The number of nitrogens with one attached hydrogen (secondary N) is 1. The monoisotopic (exact) mass is 854 g/mol. The Bertz CT molecular complexity index is 1140. The van der Waals surface area contributed by atoms with Gasteiger partial charge in [-0.15, -0.1) is 0 Å². The number of rotatable bonds is 28. The number of unbranched alkanes of at least 4 members (excludes halogenated alkanes) is 15. The molecular formula is C42H83N3O14. The normalized spacial score (nSPS) is 39.7. The number of aliphatic hydroxyl groups excluding tert-OH is 6. The number of aliphatic hydroxyl groups is 8. The first-order valence-corrected chi connectivity index (χ1v) is 22.5. The van der Waals surface area contributed by atoms with E-state index in [2.05, 4.69) is 12.2 Å². The summed E-state index contributed by atoms with van der Waals surface area (Å²) in [6.45, 7) is 6.15. The molecule has 0 radical (unpaired) electrons. The molecule has 3 saturated heterocycles. The fourth-order valence-corrected chi connectivity index (χ4v) is 8.38. The lowest BCUT2D eigenvalue weighted by molar-refractivity contribution is -0.387. The first-order valence-electron chi connectivity index (χ1n) is 22.5. The molecule has 3 unspecified atom stereocenters. The van der Waals surface area contributed by atoms with Gasteiger partial charge in [0.25, 0.3) is 0 Å². The van der Waals surface area contributed by atoms with Gasteiger partial charge in [-0.2, -0.15) is 0 Å². The number of hydrogen-bond acceptors (Lipinski definition) is 17. The van der Waals surface area contributed by atoms with Crippen molar-refractivity contribution in [1.82, 2.24) is 5.32 Å². The average Bonchev–Trinajstić information content (AvgIpc) is 3.21. The minimum atomic E-state index is -2.06. The third kappa shape index (κ3) is 13.9. The zero-order valence-electron chi connectivity index (χ0n) is 36.5. The van der Waals surface area contributed by atoms with Crippen LogP contribution in [0.5, 0.6) is 0 Å². The molecule has 3 fully saturated rings. The summed E-state index contributed by atoms with van der Waals surface area (Å²) in [6.07, 6.45) is 6.71. The molecule has 0 aromatic carbocycles. The molecule has 17 nitrogen and oxygen atoms in total. The molecular weight excluding hydrogens is 770 g/mol. The number of nitrogens with two attached hydrogens (primary N) is 2. The van der Waals surface area contributed by atoms with Crippen molar-refractivity contribution in [2.75, 3.05) is 26.4 Å². The Kier molecular flexibility index (Phi) is 22.8. The Morgan fingerprint density at radius 2 is 1.17 bits per heavy atom. The molecule has 350 valence electrons. The topological polar surface area (TPSA) is 281 Å². The van der Waals surface area contributed by atoms with Crippen LogP contribution in [0.25, 0.3) is 0 Å². The summed E-state index contributed by atoms with van der Waals surface area (Å²) in [5.41, 5.74) is 6.87. The standard InChI is InChI=1S/C42H83N3O14/c1-6-8-9-10-11-12-13-14-15-16-17-18-19-20-21-22-23-54-35-30(43)37(51)55-28(25-47)34(35)58-38-31(45-29(49)7-2)32(50)33(27(24-46)56-38)57-39-36(44)41(4,52)42(5,53)40(3,26-48)59-39/h27-39,45-53H,6-26,43-44H2,1-5H3/t27-,28-,29?,30-,31-,32-,33?,34?,35-,36+,37-,38+,39+,40-,41-,42-/m1/s1. The third-order valence-corrected chi connectivity index (χ3v) is 13.0. The molecule has 0 bridgehead atoms. The molecule has 0 aliphatic carbocycles. The van der Waals surface area contributed by atoms with Gasteiger partial charge < -0.3 is 80.7 Å². The Morgan fingerprint density at radius 3 is 1.66 bits per heavy atom. The summed E-state index contributed by atoms with van der Waals surface area (Å²) >= 11 is 0. The van der Waals surface area contributed by atoms with Crippen LogP contribution in [0, 0.1) is 0 Å². The molecule has 3 heterocycles. The lowest BCUT2D eigenvalue weighted by Gasteiger charge is -2.58. The quantitative estimate of drug-likeness (QED) is 0.0389. The maximum atomic E-state index is 11.9. The smallest absolute Gasteiger partial charge is 0.177 e. The number of ether oxygens (including phenoxy) is 6. The van der Waals surface area contributed by atoms with E-state index in [1.165, 1.54) is 97.8 Å². The Morgan fingerprint density at radius 1 is 0.678 bits per heavy atom. The van der Waals surface area contributed by atoms with Crippen molar-refractivity contribution in [1.29, 1.82) is 0 Å². The van der Waals surface area contributed by atoms with Crippen LogP contribution in [0.15, 0.2) is 0 Å². The van der Waals surface area contributed by atoms with E-state index in [0.717, 1.165) is 25.7 Å². The minimum absolute atomic E-state index is 0.211. The second kappa shape index (κ2) is 25.6. The zero-order chi connectivity index (χ0) is 43.8. The second-order valence-electron chi connectivity index (χ2n) is 17.6. The molecule has 3 aliphatic heterocycles. The molecule has 0 amide bonds. The van der Waals surface area contributed by atoms with Gasteiger partial charge in [0.1, 0.15) is 59.7 Å². The van der Waals surface area contributed by atoms with E-state index < -0.39 is 116 Å². The predicted octanol–water partition coefficient (Wildman–Crippen LogP) is 1.14. The van der Waals surface area contributed by atoms with Gasteiger partial charge >= 0.3 is 0 Å². The molecule has 3 rings (SSSR count). The van der Waals surface area contributed by atoms with Crippen molar-refractivity contribution in [3.05, 3.63) is 0 Å². The van der Waals surface area contributed by atoms with Crippen LogP contribution >= 0.6 is 0 Å². The van der Waals surface area contributed by atoms with Gasteiger partial charge in [-0.05, 0) is 33.6 Å². The molecule has 0 spiro atoms. The highest BCUT2D eigenvalue weighted by Gasteiger charge is 2.65. The Balaban J connectivity index is 1.61. The highest BCUT2D eigenvalue weighted by molar-refractivity contribution is 5.15. The summed E-state index contributed by atoms with van der Waals surface area (Å²) in [5, 5.41) is 89.6. The van der Waals surface area contributed by atoms with Crippen LogP contribution in [0.2, 0.25) is 0 Å². The van der Waals surface area contributed by atoms with Crippen molar-refractivity contribution < 1.29 is 69.3 Å². The molecule has 59 heavy (non-hydrogen) atoms. The summed E-state index contributed by atoms with van der Waals surface area (Å²) in [4.78, 5) is 0. The highest BCUT2D eigenvalue weighted by atomic mass is 16.7. The van der Waals surface area contributed by atoms with Gasteiger partial charge in [0, 0.05) is 6.61 Å². The van der Waals surface area contributed by atoms with Crippen LogP contribution in [-0.4, -0.2) is 164 Å². The summed E-state index contributed by atoms with van der Waals surface area (Å²) in [7, 11) is 0. The molecule has 17 heteroatoms. The lowest BCUT2D eigenvalue weighted by atomic mass is 9.68. The van der Waals surface area contributed by atoms with E-state index in [1.54, 1.807) is 6.92 Å². The Hall–Kier alpha value is -0.680. The van der Waals surface area contributed by atoms with Crippen LogP contribution in [0.4, 0.5) is 0 Å². The van der Waals surface area contributed by atoms with E-state index in [0.29, 0.717) is 6.61 Å². The molecule has 0 aromatic heterocycles. The van der Waals surface area contributed by atoms with Crippen molar-refractivity contribution >= 4 is 0 Å². The largest absolute Gasteiger partial charge is 0.394 e. The van der Waals surface area contributed by atoms with Gasteiger partial charge in [-0.25, -0.2) is 0 Å². The molecule has 16 atom stereocenters. The van der Waals surface area contributed by atoms with E-state index in [-0.39, 0.29) is 6.42 Å². The fraction of sp³-hybridized carbons (Fsp3) is 1.00. The van der Waals surface area contributed by atoms with Crippen molar-refractivity contribution in [2.45, 2.75) is 240 Å². The Labute approximate surface area is 352 Å². The van der Waals surface area contributed by atoms with Crippen LogP contribution in [-0.2, 0) is 28.4 Å². The maximum Gasteiger partial charge on any atom is 0.177 e. The minimum Gasteiger partial charge on any atom is -0.394 e. The molecule has 0 saturated carbocycles. The van der Waals surface area contributed by atoms with Gasteiger partial charge in [0.2, 0.25) is 0 Å². The molecule has 0 aromatic rings. The van der Waals surface area contributed by atoms with E-state index in [4.69, 9.17) is 39.9 Å². The van der Waals surface area contributed by atoms with Gasteiger partial charge in [-0.3, -0.25) is 5.32 Å². The fourth-order valence-electron chi connectivity index (χ4n) is 8.38. The summed E-state index contributed by atoms with van der Waals surface area (Å²) < 4.78 is 36.5. The first kappa shape index (κ1) is 52.7. The van der Waals surface area contributed by atoms with Crippen molar-refractivity contribution in [3.63, 3.8) is 0 Å². The van der Waals surface area contributed by atoms with Crippen molar-refractivity contribution in [2.24, 2.45) is 11.5 Å². The third-order valence-electron chi connectivity index (χ3n) is 13.0. The number of hydrogen-bond donors (Lipinski definition) is 11. The van der Waals surface area contributed by atoms with E-state index in [1.807, 2.05) is 0 Å². The van der Waals surface area contributed by atoms with Gasteiger partial charge in [0.05, 0.1) is 37.9 Å². The average molecular weight is 854 g/mol. The lowest BCUT2D eigenvalue weighted by Crippen LogP contribution is -2.79. The van der Waals surface area contributed by atoms with Gasteiger partial charge in [0.15, 0.2) is 18.9 Å². The first-order chi connectivity index (χ1) is 28.0. The maximum absolute atomic E-state index is 11.9. The summed E-state index contributed by atoms with van der Waals surface area (Å²) in [5.74, 6) is 0. The van der Waals surface area contributed by atoms with Crippen LogP contribution in [0.3, 0.4) is 0 Å². The van der Waals surface area contributed by atoms with E-state index >= 15 is 0 Å². The zero-order valence-corrected chi connectivity index (χ0v) is 36.5. The van der Waals surface area contributed by atoms with Crippen LogP contribution < -0.4 is 16.8 Å². The van der Waals surface area contributed by atoms with E-state index in [9.17, 15) is 40.9 Å². The summed E-state index contributed by atoms with van der Waals surface area (Å²) in [6, 6.07) is -3.74. The predicted molar refractivity (Wildman–Crippen MR) is 220 cm³/mol. The highest BCUT2D eigenvalue weighted by Crippen LogP contribution is 2.44. The van der Waals surface area contributed by atoms with Gasteiger partial charge in [-0.1, -0.05) is 110 Å². The second-order valence-corrected chi connectivity index (χ2v) is 17.6.